The van der Waals surface area contributed by atoms with Crippen LogP contribution >= 0.6 is 0 Å². The molecule has 4 nitrogen and oxygen atoms in total. The Balaban J connectivity index is 3.28. The molecule has 0 aliphatic rings. The quantitative estimate of drug-likeness (QED) is 0.868. The summed E-state index contributed by atoms with van der Waals surface area (Å²) in [6.07, 6.45) is -10.0. The van der Waals surface area contributed by atoms with Gasteiger partial charge in [0.2, 0.25) is 0 Å². The van der Waals surface area contributed by atoms with Gasteiger partial charge in [0.1, 0.15) is 0 Å². The van der Waals surface area contributed by atoms with Gasteiger partial charge in [0.25, 0.3) is 0 Å². The summed E-state index contributed by atoms with van der Waals surface area (Å²) in [5, 5.41) is 3.53. The van der Waals surface area contributed by atoms with Crippen LogP contribution in [0.2, 0.25) is 0 Å². The number of rotatable bonds is 3. The fourth-order valence-corrected chi connectivity index (χ4v) is 1.71. The predicted molar refractivity (Wildman–Crippen MR) is 52.3 cm³/mol. The van der Waals surface area contributed by atoms with E-state index in [9.17, 15) is 26.3 Å². The number of aromatic nitrogens is 2. The van der Waals surface area contributed by atoms with E-state index in [1.165, 1.54) is 7.05 Å². The lowest BCUT2D eigenvalue weighted by Crippen LogP contribution is -2.44. The van der Waals surface area contributed by atoms with E-state index in [1.807, 2.05) is 0 Å². The molecule has 0 saturated heterocycles. The highest BCUT2D eigenvalue weighted by molar-refractivity contribution is 5.29. The smallest absolute Gasteiger partial charge is 0.402 e. The Morgan fingerprint density at radius 3 is 2.05 bits per heavy atom. The third-order valence-electron chi connectivity index (χ3n) is 2.55. The zero-order valence-electron chi connectivity index (χ0n) is 9.88. The van der Waals surface area contributed by atoms with Gasteiger partial charge >= 0.3 is 12.4 Å². The van der Waals surface area contributed by atoms with Crippen molar-refractivity contribution >= 4 is 0 Å². The number of ether oxygens (including phenoxy) is 1. The molecule has 0 amide bonds. The minimum atomic E-state index is -5.52. The Morgan fingerprint density at radius 2 is 1.68 bits per heavy atom. The molecule has 1 heterocycles. The first kappa shape index (κ1) is 15.6. The van der Waals surface area contributed by atoms with Crippen molar-refractivity contribution in [3.05, 3.63) is 11.9 Å². The third-order valence-corrected chi connectivity index (χ3v) is 2.55. The lowest BCUT2D eigenvalue weighted by Gasteiger charge is -2.28. The normalized spacial score (nSPS) is 14.8. The standard InChI is InChI=1S/C9H11F6N3O/c1-18-6(4(19-2)3-17-18)5(16)7(8(10,11)12)9(13,14)15/h3,5,7H,16H2,1-2H3. The molecular weight excluding hydrogens is 280 g/mol. The number of hydrogen-bond acceptors (Lipinski definition) is 3. The molecule has 2 N–H and O–H groups in total. The first-order valence-corrected chi connectivity index (χ1v) is 4.95. The maximum Gasteiger partial charge on any atom is 0.402 e. The van der Waals surface area contributed by atoms with Crippen LogP contribution in [0.25, 0.3) is 0 Å². The molecule has 0 aliphatic heterocycles. The van der Waals surface area contributed by atoms with Crippen LogP contribution in [0, 0.1) is 5.92 Å². The average Bonchev–Trinajstić information content (AvgIpc) is 2.54. The highest BCUT2D eigenvalue weighted by atomic mass is 19.4. The van der Waals surface area contributed by atoms with Crippen LogP contribution in [0.1, 0.15) is 11.7 Å². The largest absolute Gasteiger partial charge is 0.493 e. The molecule has 1 aromatic heterocycles. The summed E-state index contributed by atoms with van der Waals surface area (Å²) in [6, 6.07) is -2.36. The molecule has 0 radical (unpaired) electrons. The maximum atomic E-state index is 12.6. The van der Waals surface area contributed by atoms with Gasteiger partial charge in [0.05, 0.1) is 25.0 Å². The number of nitrogens with zero attached hydrogens (tertiary/aromatic N) is 2. The van der Waals surface area contributed by atoms with Crippen molar-refractivity contribution in [3.8, 4) is 5.75 Å². The van der Waals surface area contributed by atoms with Crippen LogP contribution in [0.3, 0.4) is 0 Å². The molecule has 1 atom stereocenters. The van der Waals surface area contributed by atoms with Crippen molar-refractivity contribution in [2.24, 2.45) is 18.7 Å². The highest BCUT2D eigenvalue weighted by Gasteiger charge is 2.60. The van der Waals surface area contributed by atoms with Crippen molar-refractivity contribution in [1.29, 1.82) is 0 Å². The lowest BCUT2D eigenvalue weighted by atomic mass is 9.96. The van der Waals surface area contributed by atoms with Gasteiger partial charge in [-0.2, -0.15) is 31.4 Å². The van der Waals surface area contributed by atoms with E-state index in [0.717, 1.165) is 18.0 Å². The lowest BCUT2D eigenvalue weighted by molar-refractivity contribution is -0.290. The van der Waals surface area contributed by atoms with Crippen LogP contribution in [-0.4, -0.2) is 29.2 Å². The molecule has 19 heavy (non-hydrogen) atoms. The van der Waals surface area contributed by atoms with Crippen LogP contribution in [0.5, 0.6) is 5.75 Å². The molecule has 0 saturated carbocycles. The fourth-order valence-electron chi connectivity index (χ4n) is 1.71. The van der Waals surface area contributed by atoms with Gasteiger partial charge in [-0.3, -0.25) is 4.68 Å². The molecule has 0 spiro atoms. The second-order valence-electron chi connectivity index (χ2n) is 3.81. The molecule has 0 aliphatic carbocycles. The Bertz CT molecular complexity index is 424. The van der Waals surface area contributed by atoms with E-state index in [-0.39, 0.29) is 5.75 Å². The van der Waals surface area contributed by atoms with E-state index >= 15 is 0 Å². The Hall–Kier alpha value is -1.45. The number of nitrogens with two attached hydrogens (primary N) is 1. The summed E-state index contributed by atoms with van der Waals surface area (Å²) in [5.41, 5.74) is 4.68. The van der Waals surface area contributed by atoms with E-state index in [2.05, 4.69) is 9.84 Å². The molecular formula is C9H11F6N3O. The van der Waals surface area contributed by atoms with Crippen LogP contribution in [0.4, 0.5) is 26.3 Å². The molecule has 1 rings (SSSR count). The van der Waals surface area contributed by atoms with E-state index in [0.29, 0.717) is 0 Å². The van der Waals surface area contributed by atoms with Crippen molar-refractivity contribution in [1.82, 2.24) is 9.78 Å². The van der Waals surface area contributed by atoms with Crippen molar-refractivity contribution in [3.63, 3.8) is 0 Å². The first-order chi connectivity index (χ1) is 8.50. The summed E-state index contributed by atoms with van der Waals surface area (Å²) in [5.74, 6) is -3.92. The second kappa shape index (κ2) is 4.91. The minimum Gasteiger partial charge on any atom is -0.493 e. The van der Waals surface area contributed by atoms with Crippen molar-refractivity contribution < 1.29 is 31.1 Å². The molecule has 0 bridgehead atoms. The minimum absolute atomic E-state index is 0.228. The second-order valence-corrected chi connectivity index (χ2v) is 3.81. The molecule has 0 fully saturated rings. The zero-order chi connectivity index (χ0) is 15.0. The van der Waals surface area contributed by atoms with Gasteiger partial charge in [-0.05, 0) is 0 Å². The highest BCUT2D eigenvalue weighted by Crippen LogP contribution is 2.46. The monoisotopic (exact) mass is 291 g/mol. The maximum absolute atomic E-state index is 12.6. The van der Waals surface area contributed by atoms with Crippen molar-refractivity contribution in [2.45, 2.75) is 18.4 Å². The third kappa shape index (κ3) is 3.11. The average molecular weight is 291 g/mol. The summed E-state index contributed by atoms with van der Waals surface area (Å²) < 4.78 is 80.8. The number of aryl methyl sites for hydroxylation is 1. The van der Waals surface area contributed by atoms with Gasteiger partial charge in [-0.1, -0.05) is 0 Å². The Labute approximate surface area is 104 Å². The summed E-state index contributed by atoms with van der Waals surface area (Å²) >= 11 is 0. The molecule has 1 aromatic rings. The summed E-state index contributed by atoms with van der Waals surface area (Å²) in [6.45, 7) is 0. The molecule has 10 heteroatoms. The number of methoxy groups -OCH3 is 1. The predicted octanol–water partition coefficient (Wildman–Crippen LogP) is 2.17. The van der Waals surface area contributed by atoms with Crippen molar-refractivity contribution in [2.75, 3.05) is 7.11 Å². The van der Waals surface area contributed by atoms with E-state index in [1.54, 1.807) is 0 Å². The van der Waals surface area contributed by atoms with Gasteiger partial charge < -0.3 is 10.5 Å². The van der Waals surface area contributed by atoms with E-state index < -0.39 is 30.0 Å². The van der Waals surface area contributed by atoms with Gasteiger partial charge in [-0.25, -0.2) is 0 Å². The molecule has 1 unspecified atom stereocenters. The fraction of sp³-hybridized carbons (Fsp3) is 0.667. The van der Waals surface area contributed by atoms with Crippen LogP contribution < -0.4 is 10.5 Å². The van der Waals surface area contributed by atoms with E-state index in [4.69, 9.17) is 5.73 Å². The van der Waals surface area contributed by atoms with Gasteiger partial charge in [0, 0.05) is 7.05 Å². The van der Waals surface area contributed by atoms with Gasteiger partial charge in [0.15, 0.2) is 11.7 Å². The SMILES string of the molecule is COc1cnn(C)c1C(N)C(C(F)(F)F)C(F)(F)F. The van der Waals surface area contributed by atoms with Crippen LogP contribution in [0.15, 0.2) is 6.20 Å². The van der Waals surface area contributed by atoms with Gasteiger partial charge in [-0.15, -0.1) is 0 Å². The Morgan fingerprint density at radius 1 is 1.21 bits per heavy atom. The Kier molecular flexibility index (Phi) is 4.03. The topological polar surface area (TPSA) is 53.1 Å². The molecule has 0 aromatic carbocycles. The molecule has 110 valence electrons. The summed E-state index contributed by atoms with van der Waals surface area (Å²) in [4.78, 5) is 0. The number of hydrogen-bond donors (Lipinski definition) is 1. The summed E-state index contributed by atoms with van der Waals surface area (Å²) in [7, 11) is 2.28. The number of halogens is 6. The number of alkyl halides is 6. The zero-order valence-corrected chi connectivity index (χ0v) is 9.88. The van der Waals surface area contributed by atoms with Crippen LogP contribution in [-0.2, 0) is 7.05 Å². The first-order valence-electron chi connectivity index (χ1n) is 4.95.